The van der Waals surface area contributed by atoms with Crippen LogP contribution in [-0.4, -0.2) is 68.1 Å². The Kier molecular flexibility index (Phi) is 12.9. The highest BCUT2D eigenvalue weighted by molar-refractivity contribution is 7.91. The van der Waals surface area contributed by atoms with Gasteiger partial charge < -0.3 is 29.3 Å². The summed E-state index contributed by atoms with van der Waals surface area (Å²) in [6.07, 6.45) is 9.05. The molecule has 15 heteroatoms. The second kappa shape index (κ2) is 17.1. The molecule has 2 aromatic rings. The van der Waals surface area contributed by atoms with Crippen molar-refractivity contribution < 1.29 is 56.4 Å². The highest BCUT2D eigenvalue weighted by Gasteiger charge is 2.38. The van der Waals surface area contributed by atoms with Crippen molar-refractivity contribution in [3.63, 3.8) is 0 Å². The van der Waals surface area contributed by atoms with E-state index in [1.165, 1.54) is 36.4 Å². The Morgan fingerprint density at radius 2 is 1.85 bits per heavy atom. The number of aliphatic hydroxyl groups excluding tert-OH is 1. The second-order valence-electron chi connectivity index (χ2n) is 11.5. The van der Waals surface area contributed by atoms with Gasteiger partial charge in [-0.1, -0.05) is 30.4 Å². The van der Waals surface area contributed by atoms with Gasteiger partial charge in [-0.25, -0.2) is 13.2 Å². The maximum atomic E-state index is 12.8. The van der Waals surface area contributed by atoms with Crippen molar-refractivity contribution in [3.05, 3.63) is 59.8 Å². The summed E-state index contributed by atoms with van der Waals surface area (Å²) in [6.45, 7) is 1.68. The number of ether oxygens (including phenoxy) is 4. The van der Waals surface area contributed by atoms with Gasteiger partial charge in [0.15, 0.2) is 0 Å². The van der Waals surface area contributed by atoms with Crippen LogP contribution in [0.3, 0.4) is 0 Å². The molecule has 1 saturated carbocycles. The largest absolute Gasteiger partial charge is 0.466 e. The molecule has 0 saturated heterocycles. The van der Waals surface area contributed by atoms with Gasteiger partial charge >= 0.3 is 28.8 Å². The van der Waals surface area contributed by atoms with E-state index in [-0.39, 0.29) is 66.6 Å². The minimum atomic E-state index is -4.24. The molecule has 1 aliphatic carbocycles. The lowest BCUT2D eigenvalue weighted by Gasteiger charge is -2.19. The molecule has 1 aromatic heterocycles. The van der Waals surface area contributed by atoms with Crippen LogP contribution in [0.5, 0.6) is 5.88 Å². The first-order valence-corrected chi connectivity index (χ1v) is 17.1. The monoisotopic (exact) mass is 676 g/mol. The van der Waals surface area contributed by atoms with Gasteiger partial charge in [0.2, 0.25) is 0 Å². The fourth-order valence-electron chi connectivity index (χ4n) is 5.52. The van der Waals surface area contributed by atoms with Crippen LogP contribution in [0, 0.1) is 17.0 Å². The quantitative estimate of drug-likeness (QED) is 0.113. The number of benzene rings is 1. The number of hydrogen-bond acceptors (Lipinski definition) is 13. The first kappa shape index (κ1) is 35.6. The van der Waals surface area contributed by atoms with Crippen LogP contribution >= 0.6 is 0 Å². The highest BCUT2D eigenvalue weighted by atomic mass is 32.2. The zero-order valence-electron chi connectivity index (χ0n) is 26.1. The minimum absolute atomic E-state index is 0.00633. The van der Waals surface area contributed by atoms with E-state index in [0.29, 0.717) is 12.8 Å². The number of sulfone groups is 1. The minimum Gasteiger partial charge on any atom is -0.466 e. The van der Waals surface area contributed by atoms with E-state index in [4.69, 9.17) is 18.9 Å². The van der Waals surface area contributed by atoms with E-state index in [1.54, 1.807) is 6.07 Å². The van der Waals surface area contributed by atoms with Crippen LogP contribution in [0.1, 0.15) is 64.7 Å². The normalized spacial score (nSPS) is 24.8. The number of esters is 3. The predicted octanol–water partition coefficient (Wildman–Crippen LogP) is 3.15. The van der Waals surface area contributed by atoms with Crippen LogP contribution in [0.15, 0.2) is 69.2 Å². The van der Waals surface area contributed by atoms with Crippen LogP contribution in [0.2, 0.25) is 0 Å². The third-order valence-corrected chi connectivity index (χ3v) is 9.60. The van der Waals surface area contributed by atoms with Crippen LogP contribution in [0.25, 0.3) is 0 Å². The molecular formula is C32H40N2O12S. The molecule has 2 aliphatic rings. The summed E-state index contributed by atoms with van der Waals surface area (Å²) in [5, 5.41) is 25.3. The fraction of sp³-hybridized carbons (Fsp3) is 0.531. The lowest BCUT2D eigenvalue weighted by molar-refractivity contribution is -0.832. The fourth-order valence-corrected chi connectivity index (χ4v) is 6.82. The van der Waals surface area contributed by atoms with Crippen molar-refractivity contribution in [2.75, 3.05) is 13.2 Å². The number of carbonyl (C=O) groups is 3. The number of nitrogens with zero attached hydrogens (tertiary/aromatic N) is 2. The number of carbonyl (C=O) groups excluding carboxylic acids is 3. The predicted molar refractivity (Wildman–Crippen MR) is 162 cm³/mol. The third-order valence-electron chi connectivity index (χ3n) is 7.88. The first-order valence-electron chi connectivity index (χ1n) is 15.7. The van der Waals surface area contributed by atoms with Gasteiger partial charge in [-0.05, 0) is 80.4 Å². The molecule has 14 nitrogen and oxygen atoms in total. The van der Waals surface area contributed by atoms with Gasteiger partial charge in [0.05, 0.1) is 35.5 Å². The van der Waals surface area contributed by atoms with Crippen LogP contribution in [0.4, 0.5) is 0 Å². The molecule has 1 N–H and O–H groups in total. The number of cyclic esters (lactones) is 1. The molecule has 1 fully saturated rings. The van der Waals surface area contributed by atoms with E-state index >= 15 is 0 Å². The van der Waals surface area contributed by atoms with Gasteiger partial charge in [-0.2, -0.15) is 0 Å². The van der Waals surface area contributed by atoms with Gasteiger partial charge in [-0.15, -0.1) is 0 Å². The third kappa shape index (κ3) is 10.4. The van der Waals surface area contributed by atoms with E-state index in [1.807, 2.05) is 6.92 Å². The number of aliphatic hydroxyl groups is 1. The molecule has 47 heavy (non-hydrogen) atoms. The zero-order chi connectivity index (χ0) is 33.8. The summed E-state index contributed by atoms with van der Waals surface area (Å²) in [4.78, 5) is 36.3. The second-order valence-corrected chi connectivity index (χ2v) is 13.4. The Labute approximate surface area is 272 Å². The maximum absolute atomic E-state index is 12.8. The van der Waals surface area contributed by atoms with E-state index < -0.39 is 50.9 Å². The van der Waals surface area contributed by atoms with Gasteiger partial charge in [-0.3, -0.25) is 14.2 Å². The number of hydrogen-bond donors (Lipinski definition) is 1. The zero-order valence-corrected chi connectivity index (χ0v) is 26.9. The van der Waals surface area contributed by atoms with Gasteiger partial charge in [0.25, 0.3) is 9.84 Å². The average Bonchev–Trinajstić information content (AvgIpc) is 3.62. The Bertz CT molecular complexity index is 1520. The van der Waals surface area contributed by atoms with Crippen molar-refractivity contribution in [2.45, 2.75) is 92.9 Å². The molecule has 0 amide bonds. The van der Waals surface area contributed by atoms with Crippen molar-refractivity contribution in [3.8, 4) is 5.88 Å². The van der Waals surface area contributed by atoms with Crippen molar-refractivity contribution in [2.24, 2.45) is 11.8 Å². The van der Waals surface area contributed by atoms with Crippen molar-refractivity contribution in [1.82, 2.24) is 5.16 Å². The summed E-state index contributed by atoms with van der Waals surface area (Å²) in [5.74, 6) is -2.24. The molecule has 0 unspecified atom stereocenters. The first-order chi connectivity index (χ1) is 22.5. The van der Waals surface area contributed by atoms with Crippen LogP contribution < -0.4 is 9.64 Å². The van der Waals surface area contributed by atoms with Crippen molar-refractivity contribution >= 4 is 27.7 Å². The molecule has 1 aliphatic heterocycles. The average molecular weight is 677 g/mol. The van der Waals surface area contributed by atoms with E-state index in [0.717, 1.165) is 19.3 Å². The Hall–Kier alpha value is -4.24. The van der Waals surface area contributed by atoms with Crippen molar-refractivity contribution in [1.29, 1.82) is 0 Å². The Balaban J connectivity index is 1.15. The number of aromatic nitrogens is 2. The lowest BCUT2D eigenvalue weighted by Crippen LogP contribution is -2.31. The lowest BCUT2D eigenvalue weighted by atomic mass is 9.90. The highest BCUT2D eigenvalue weighted by Crippen LogP contribution is 2.38. The van der Waals surface area contributed by atoms with Crippen LogP contribution in [-0.2, 0) is 38.4 Å². The summed E-state index contributed by atoms with van der Waals surface area (Å²) >= 11 is 0. The molecule has 2 heterocycles. The molecular weight excluding hydrogens is 636 g/mol. The van der Waals surface area contributed by atoms with E-state index in [2.05, 4.69) is 21.9 Å². The number of fused-ring (bicyclic) bond motifs is 1. The summed E-state index contributed by atoms with van der Waals surface area (Å²) in [6, 6.07) is 7.28. The molecule has 1 aromatic carbocycles. The smallest absolute Gasteiger partial charge is 0.414 e. The SMILES string of the molecule is C[C@H]1CCC/C=C/[C@@H]2C[C@H](OC(=O)CCCC(=O)OCCCOc3no[n+]([O-])c3S(=O)(=O)c3ccccc3)C[C@H]2[C@H](O)/C=C/C(=O)O1. The molecule has 0 spiro atoms. The Morgan fingerprint density at radius 1 is 1.09 bits per heavy atom. The summed E-state index contributed by atoms with van der Waals surface area (Å²) < 4.78 is 51.5. The number of allylic oxidation sites excluding steroid dienone is 2. The topological polar surface area (TPSA) is 195 Å². The Morgan fingerprint density at radius 3 is 2.64 bits per heavy atom. The molecule has 0 bridgehead atoms. The van der Waals surface area contributed by atoms with Gasteiger partial charge in [0, 0.05) is 25.3 Å². The maximum Gasteiger partial charge on any atom is 0.414 e. The standard InChI is InChI=1S/C32H40N2O12S/c1-22-10-4-2-5-11-23-20-24(21-26(23)27(35)16-17-30(38)44-22)45-29(37)15-8-14-28(36)42-18-9-19-43-31-32(34(39)46-33-31)47(40,41)25-12-6-3-7-13-25/h3,5-7,11-13,16-17,22-24,26-27,35H,2,4,8-10,14-15,18-21H2,1H3/b11-5+,17-16+/t22-,23+,24-,26+,27+/m0/s1. The number of rotatable bonds is 12. The molecule has 256 valence electrons. The summed E-state index contributed by atoms with van der Waals surface area (Å²) in [5.41, 5.74) is 0. The summed E-state index contributed by atoms with van der Waals surface area (Å²) in [7, 11) is -4.24. The van der Waals surface area contributed by atoms with E-state index in [9.17, 15) is 33.1 Å². The van der Waals surface area contributed by atoms with Gasteiger partial charge in [0.1, 0.15) is 6.10 Å². The molecule has 0 radical (unpaired) electrons. The molecule has 4 rings (SSSR count). The molecule has 5 atom stereocenters.